The van der Waals surface area contributed by atoms with Gasteiger partial charge in [-0.05, 0) is 75.2 Å². The topological polar surface area (TPSA) is 112 Å². The van der Waals surface area contributed by atoms with Crippen molar-refractivity contribution in [3.05, 3.63) is 0 Å². The van der Waals surface area contributed by atoms with Crippen LogP contribution in [0.5, 0.6) is 0 Å². The lowest BCUT2D eigenvalue weighted by Crippen LogP contribution is -2.51. The Labute approximate surface area is 393 Å². The predicted octanol–water partition coefficient (Wildman–Crippen LogP) is 9.90. The molecule has 1 aliphatic rings. The molecule has 0 bridgehead atoms. The number of nitrogens with zero attached hydrogens (tertiary/aromatic N) is 5. The monoisotopic (exact) mass is 908 g/mol. The normalized spacial score (nSPS) is 15.9. The Kier molecular flexibility index (Phi) is 31.8. The van der Waals surface area contributed by atoms with E-state index in [1.807, 2.05) is 67.2 Å². The van der Waals surface area contributed by atoms with Crippen LogP contribution in [0, 0.1) is 0 Å². The van der Waals surface area contributed by atoms with Crippen LogP contribution >= 0.6 is 0 Å². The van der Waals surface area contributed by atoms with Gasteiger partial charge < -0.3 is 19.1 Å². The molecule has 0 unspecified atom stereocenters. The summed E-state index contributed by atoms with van der Waals surface area (Å²) in [5, 5.41) is 0. The van der Waals surface area contributed by atoms with Gasteiger partial charge in [0.2, 0.25) is 5.91 Å². The number of esters is 3. The molecule has 1 heterocycles. The van der Waals surface area contributed by atoms with Crippen LogP contribution in [0.2, 0.25) is 0 Å². The predicted molar refractivity (Wildman–Crippen MR) is 264 cm³/mol. The molecule has 0 aliphatic carbocycles. The minimum absolute atomic E-state index is 0.0897. The molecule has 12 heteroatoms. The van der Waals surface area contributed by atoms with Gasteiger partial charge in [-0.1, -0.05) is 129 Å². The number of rotatable bonds is 30. The van der Waals surface area contributed by atoms with Crippen LogP contribution in [0.15, 0.2) is 0 Å². The lowest BCUT2D eigenvalue weighted by Gasteiger charge is -2.35. The van der Waals surface area contributed by atoms with Crippen molar-refractivity contribution < 1.29 is 33.4 Å². The van der Waals surface area contributed by atoms with Gasteiger partial charge >= 0.3 is 17.9 Å². The van der Waals surface area contributed by atoms with Gasteiger partial charge in [-0.2, -0.15) is 0 Å². The van der Waals surface area contributed by atoms with E-state index in [9.17, 15) is 19.2 Å². The van der Waals surface area contributed by atoms with Crippen molar-refractivity contribution in [2.24, 2.45) is 0 Å². The fourth-order valence-corrected chi connectivity index (χ4v) is 8.11. The number of hydrogen-bond acceptors (Lipinski definition) is 11. The van der Waals surface area contributed by atoms with Crippen molar-refractivity contribution in [2.75, 3.05) is 91.6 Å². The summed E-state index contributed by atoms with van der Waals surface area (Å²) in [7, 11) is 0. The Balaban J connectivity index is 3.23. The third-order valence-electron chi connectivity index (χ3n) is 11.5. The maximum atomic E-state index is 14.4. The highest BCUT2D eigenvalue weighted by molar-refractivity contribution is 5.78. The van der Waals surface area contributed by atoms with Gasteiger partial charge in [-0.15, -0.1) is 0 Å². The molecule has 12 nitrogen and oxygen atoms in total. The van der Waals surface area contributed by atoms with Gasteiger partial charge in [0.25, 0.3) is 0 Å². The van der Waals surface area contributed by atoms with Crippen molar-refractivity contribution in [1.82, 2.24) is 24.5 Å². The minimum Gasteiger partial charge on any atom is -0.459 e. The Hall–Kier alpha value is -2.28. The van der Waals surface area contributed by atoms with Crippen LogP contribution in [0.1, 0.15) is 205 Å². The zero-order valence-electron chi connectivity index (χ0n) is 43.6. The van der Waals surface area contributed by atoms with Crippen LogP contribution in [-0.2, 0) is 33.4 Å². The molecular formula is C52H101N5O7. The highest BCUT2D eigenvalue weighted by Gasteiger charge is 2.27. The largest absolute Gasteiger partial charge is 0.459 e. The average molecular weight is 908 g/mol. The van der Waals surface area contributed by atoms with Gasteiger partial charge in [0.15, 0.2) is 0 Å². The molecule has 1 amide bonds. The Morgan fingerprint density at radius 1 is 0.359 bits per heavy atom. The molecule has 1 aliphatic heterocycles. The van der Waals surface area contributed by atoms with Crippen LogP contribution < -0.4 is 0 Å². The standard InChI is InChI=1S/C52H101N5O7/c1-12-14-16-18-20-22-24-26-28-30-32-57(33-31-29-27-25-23-21-19-17-15-13-2)46(58)42-53-34-36-54(43-47(59)62-50(3,4)5)38-40-56(45-49(61)64-52(9,10)11)41-39-55(37-35-53)44-48(60)63-51(6,7)8/h12-45H2,1-11H3. The van der Waals surface area contributed by atoms with E-state index in [0.717, 1.165) is 38.8 Å². The number of hydrogen-bond donors (Lipinski definition) is 0. The van der Waals surface area contributed by atoms with Gasteiger partial charge in [0, 0.05) is 65.4 Å². The summed E-state index contributed by atoms with van der Waals surface area (Å²) in [4.78, 5) is 64.4. The van der Waals surface area contributed by atoms with E-state index in [-0.39, 0.29) is 50.0 Å². The Bertz CT molecular complexity index is 1170. The van der Waals surface area contributed by atoms with E-state index < -0.39 is 16.8 Å². The second-order valence-corrected chi connectivity index (χ2v) is 21.6. The first-order valence-electron chi connectivity index (χ1n) is 26.0. The number of amides is 1. The van der Waals surface area contributed by atoms with Crippen molar-refractivity contribution in [2.45, 2.75) is 221 Å². The maximum Gasteiger partial charge on any atom is 0.320 e. The second-order valence-electron chi connectivity index (χ2n) is 21.6. The number of unbranched alkanes of at least 4 members (excludes halogenated alkanes) is 18. The fourth-order valence-electron chi connectivity index (χ4n) is 8.11. The summed E-state index contributed by atoms with van der Waals surface area (Å²) in [6.07, 6.45) is 25.2. The summed E-state index contributed by atoms with van der Waals surface area (Å²) in [6.45, 7) is 27.7. The van der Waals surface area contributed by atoms with E-state index in [0.29, 0.717) is 52.4 Å². The molecule has 0 saturated carbocycles. The lowest BCUT2D eigenvalue weighted by molar-refractivity contribution is -0.158. The first-order valence-corrected chi connectivity index (χ1v) is 26.0. The van der Waals surface area contributed by atoms with Crippen molar-refractivity contribution in [3.8, 4) is 0 Å². The second kappa shape index (κ2) is 34.1. The molecule has 0 radical (unpaired) electrons. The van der Waals surface area contributed by atoms with Gasteiger partial charge in [-0.25, -0.2) is 0 Å². The van der Waals surface area contributed by atoms with E-state index in [4.69, 9.17) is 14.2 Å². The zero-order chi connectivity index (χ0) is 47.9. The van der Waals surface area contributed by atoms with Crippen molar-refractivity contribution >= 4 is 23.8 Å². The van der Waals surface area contributed by atoms with E-state index in [1.165, 1.54) is 103 Å². The first kappa shape index (κ1) is 59.7. The van der Waals surface area contributed by atoms with E-state index in [2.05, 4.69) is 33.4 Å². The highest BCUT2D eigenvalue weighted by Crippen LogP contribution is 2.15. The number of ether oxygens (including phenoxy) is 3. The average Bonchev–Trinajstić information content (AvgIpc) is 3.17. The molecule has 1 rings (SSSR count). The molecule has 1 saturated heterocycles. The van der Waals surface area contributed by atoms with Gasteiger partial charge in [0.05, 0.1) is 26.2 Å². The van der Waals surface area contributed by atoms with Crippen molar-refractivity contribution in [3.63, 3.8) is 0 Å². The molecule has 0 spiro atoms. The van der Waals surface area contributed by atoms with Crippen LogP contribution in [0.25, 0.3) is 0 Å². The smallest absolute Gasteiger partial charge is 0.320 e. The van der Waals surface area contributed by atoms with E-state index in [1.54, 1.807) is 0 Å². The molecule has 376 valence electrons. The summed E-state index contributed by atoms with van der Waals surface area (Å²) < 4.78 is 17.2. The summed E-state index contributed by atoms with van der Waals surface area (Å²) in [6, 6.07) is 0. The van der Waals surface area contributed by atoms with Crippen LogP contribution in [0.4, 0.5) is 0 Å². The first-order chi connectivity index (χ1) is 30.2. The van der Waals surface area contributed by atoms with Crippen molar-refractivity contribution in [1.29, 1.82) is 0 Å². The summed E-state index contributed by atoms with van der Waals surface area (Å²) >= 11 is 0. The van der Waals surface area contributed by atoms with Crippen LogP contribution in [0.3, 0.4) is 0 Å². The summed E-state index contributed by atoms with van der Waals surface area (Å²) in [5.74, 6) is -0.770. The molecule has 0 aromatic heterocycles. The molecule has 64 heavy (non-hydrogen) atoms. The third-order valence-corrected chi connectivity index (χ3v) is 11.5. The SMILES string of the molecule is CCCCCCCCCCCCN(CCCCCCCCCCCC)C(=O)CN1CCN(CC(=O)OC(C)(C)C)CCN(CC(=O)OC(C)(C)C)CCN(CC(=O)OC(C)(C)C)CC1. The summed E-state index contributed by atoms with van der Waals surface area (Å²) in [5.41, 5.74) is -1.85. The lowest BCUT2D eigenvalue weighted by atomic mass is 10.1. The van der Waals surface area contributed by atoms with Gasteiger partial charge in [-0.3, -0.25) is 38.8 Å². The number of carbonyl (C=O) groups is 4. The maximum absolute atomic E-state index is 14.4. The minimum atomic E-state index is -0.619. The number of carbonyl (C=O) groups excluding carboxylic acids is 4. The van der Waals surface area contributed by atoms with Gasteiger partial charge in [0.1, 0.15) is 16.8 Å². The molecule has 0 aromatic carbocycles. The quantitative estimate of drug-likeness (QED) is 0.0390. The Morgan fingerprint density at radius 3 is 0.812 bits per heavy atom. The Morgan fingerprint density at radius 2 is 0.578 bits per heavy atom. The molecular weight excluding hydrogens is 807 g/mol. The highest BCUT2D eigenvalue weighted by atomic mass is 16.6. The van der Waals surface area contributed by atoms with E-state index >= 15 is 0 Å². The van der Waals surface area contributed by atoms with Crippen LogP contribution in [-0.4, -0.2) is 157 Å². The third kappa shape index (κ3) is 35.0. The molecule has 1 fully saturated rings. The zero-order valence-corrected chi connectivity index (χ0v) is 43.6. The molecule has 0 aromatic rings. The fraction of sp³-hybridized carbons (Fsp3) is 0.923. The molecule has 0 atom stereocenters. The molecule has 0 N–H and O–H groups in total.